The number of aromatic nitrogens is 3. The molecule has 7 heteroatoms. The Morgan fingerprint density at radius 3 is 2.93 bits per heavy atom. The van der Waals surface area contributed by atoms with E-state index in [0.29, 0.717) is 24.0 Å². The topological polar surface area (TPSA) is 75.4 Å². The van der Waals surface area contributed by atoms with Gasteiger partial charge >= 0.3 is 0 Å². The second-order valence-electron chi connectivity index (χ2n) is 7.22. The normalized spacial score (nSPS) is 19.1. The summed E-state index contributed by atoms with van der Waals surface area (Å²) in [6.45, 7) is 1.97. The van der Waals surface area contributed by atoms with E-state index in [1.54, 1.807) is 6.20 Å². The second kappa shape index (κ2) is 7.16. The first kappa shape index (κ1) is 17.1. The van der Waals surface area contributed by atoms with Crippen LogP contribution < -0.4 is 4.90 Å². The first-order valence-corrected chi connectivity index (χ1v) is 9.67. The van der Waals surface area contributed by atoms with Crippen molar-refractivity contribution in [3.8, 4) is 11.5 Å². The monoisotopic (exact) mass is 375 g/mol. The molecule has 1 atom stereocenters. The van der Waals surface area contributed by atoms with E-state index < -0.39 is 0 Å². The maximum absolute atomic E-state index is 13.0. The van der Waals surface area contributed by atoms with Crippen molar-refractivity contribution in [1.29, 1.82) is 0 Å². The molecule has 1 fully saturated rings. The molecule has 142 valence electrons. The zero-order chi connectivity index (χ0) is 18.9. The molecule has 0 saturated carbocycles. The molecule has 2 aromatic heterocycles. The summed E-state index contributed by atoms with van der Waals surface area (Å²) in [5.74, 6) is 1.18. The maximum atomic E-state index is 13.0. The van der Waals surface area contributed by atoms with E-state index in [2.05, 4.69) is 26.1 Å². The smallest absolute Gasteiger partial charge is 0.244 e. The van der Waals surface area contributed by atoms with Crippen LogP contribution in [0.1, 0.15) is 30.3 Å². The van der Waals surface area contributed by atoms with Crippen molar-refractivity contribution in [2.75, 3.05) is 24.5 Å². The molecule has 2 aliphatic rings. The van der Waals surface area contributed by atoms with Gasteiger partial charge in [0.05, 0.1) is 12.6 Å². The van der Waals surface area contributed by atoms with Crippen LogP contribution in [0.3, 0.4) is 0 Å². The number of carbonyl (C=O) groups excluding carboxylic acids is 1. The third-order valence-electron chi connectivity index (χ3n) is 5.51. The summed E-state index contributed by atoms with van der Waals surface area (Å²) in [5, 5.41) is 4.08. The van der Waals surface area contributed by atoms with Crippen LogP contribution in [0.5, 0.6) is 0 Å². The molecule has 0 spiro atoms. The molecular weight excluding hydrogens is 354 g/mol. The Bertz CT molecular complexity index is 987. The Kier molecular flexibility index (Phi) is 4.37. The van der Waals surface area contributed by atoms with Crippen LogP contribution in [0.4, 0.5) is 5.69 Å². The number of para-hydroxylation sites is 1. The van der Waals surface area contributed by atoms with Crippen LogP contribution in [0.25, 0.3) is 11.5 Å². The lowest BCUT2D eigenvalue weighted by Crippen LogP contribution is -2.39. The number of nitrogens with zero attached hydrogens (tertiary/aromatic N) is 5. The van der Waals surface area contributed by atoms with E-state index in [9.17, 15) is 4.79 Å². The van der Waals surface area contributed by atoms with Crippen LogP contribution in [-0.2, 0) is 11.2 Å². The fourth-order valence-corrected chi connectivity index (χ4v) is 4.12. The molecule has 0 radical (unpaired) electrons. The second-order valence-corrected chi connectivity index (χ2v) is 7.22. The Morgan fingerprint density at radius 1 is 1.14 bits per heavy atom. The molecule has 28 heavy (non-hydrogen) atoms. The lowest BCUT2D eigenvalue weighted by Gasteiger charge is -2.24. The molecule has 0 unspecified atom stereocenters. The van der Waals surface area contributed by atoms with Crippen molar-refractivity contribution in [3.63, 3.8) is 0 Å². The third-order valence-corrected chi connectivity index (χ3v) is 5.51. The highest BCUT2D eigenvalue weighted by Gasteiger charge is 2.34. The molecule has 0 aliphatic carbocycles. The minimum atomic E-state index is -0.0215. The van der Waals surface area contributed by atoms with Gasteiger partial charge in [-0.1, -0.05) is 29.4 Å². The quantitative estimate of drug-likeness (QED) is 0.698. The molecule has 1 amide bonds. The standard InChI is InChI=1S/C21H21N5O2/c27-19(26-13-10-15-6-1-2-8-17(15)26)14-25-12-5-9-18(25)21-23-20(24-28-21)16-7-3-4-11-22-16/h1-4,6-8,11,18H,5,9-10,12-14H2/t18-/m1/s1. The Morgan fingerprint density at radius 2 is 2.04 bits per heavy atom. The third kappa shape index (κ3) is 3.07. The lowest BCUT2D eigenvalue weighted by atomic mass is 10.2. The van der Waals surface area contributed by atoms with Crippen LogP contribution in [0, 0.1) is 0 Å². The van der Waals surface area contributed by atoms with Crippen molar-refractivity contribution in [2.45, 2.75) is 25.3 Å². The zero-order valence-corrected chi connectivity index (χ0v) is 15.5. The van der Waals surface area contributed by atoms with E-state index in [-0.39, 0.29) is 11.9 Å². The summed E-state index contributed by atoms with van der Waals surface area (Å²) in [6.07, 6.45) is 4.55. The molecule has 1 saturated heterocycles. The summed E-state index contributed by atoms with van der Waals surface area (Å²) in [7, 11) is 0. The summed E-state index contributed by atoms with van der Waals surface area (Å²) in [5.41, 5.74) is 2.97. The molecule has 0 N–H and O–H groups in total. The van der Waals surface area contributed by atoms with Gasteiger partial charge in [-0.15, -0.1) is 0 Å². The van der Waals surface area contributed by atoms with Crippen molar-refractivity contribution in [2.24, 2.45) is 0 Å². The number of hydrogen-bond acceptors (Lipinski definition) is 6. The van der Waals surface area contributed by atoms with Gasteiger partial charge in [-0.2, -0.15) is 4.98 Å². The first-order valence-electron chi connectivity index (χ1n) is 9.67. The fraction of sp³-hybridized carbons (Fsp3) is 0.333. The predicted molar refractivity (Wildman–Crippen MR) is 104 cm³/mol. The van der Waals surface area contributed by atoms with Gasteiger partial charge in [0, 0.05) is 18.4 Å². The lowest BCUT2D eigenvalue weighted by molar-refractivity contribution is -0.120. The predicted octanol–water partition coefficient (Wildman–Crippen LogP) is 2.86. The van der Waals surface area contributed by atoms with Gasteiger partial charge in [-0.3, -0.25) is 14.7 Å². The summed E-state index contributed by atoms with van der Waals surface area (Å²) in [4.78, 5) is 25.8. The van der Waals surface area contributed by atoms with E-state index in [0.717, 1.165) is 38.0 Å². The fourth-order valence-electron chi connectivity index (χ4n) is 4.12. The molecule has 1 aromatic carbocycles. The molecule has 3 aromatic rings. The largest absolute Gasteiger partial charge is 0.337 e. The van der Waals surface area contributed by atoms with Gasteiger partial charge in [0.15, 0.2) is 0 Å². The number of pyridine rings is 1. The molecule has 0 bridgehead atoms. The highest BCUT2D eigenvalue weighted by Crippen LogP contribution is 2.33. The number of benzene rings is 1. The average Bonchev–Trinajstić information content (AvgIpc) is 3.47. The Hall–Kier alpha value is -3.06. The van der Waals surface area contributed by atoms with Gasteiger partial charge in [-0.05, 0) is 49.6 Å². The number of hydrogen-bond donors (Lipinski definition) is 0. The van der Waals surface area contributed by atoms with Gasteiger partial charge in [-0.25, -0.2) is 0 Å². The van der Waals surface area contributed by atoms with Crippen molar-refractivity contribution < 1.29 is 9.32 Å². The molecule has 7 nitrogen and oxygen atoms in total. The number of anilines is 1. The van der Waals surface area contributed by atoms with Gasteiger partial charge in [0.25, 0.3) is 0 Å². The Labute approximate surface area is 163 Å². The van der Waals surface area contributed by atoms with Gasteiger partial charge in [0.2, 0.25) is 17.6 Å². The Balaban J connectivity index is 1.31. The van der Waals surface area contributed by atoms with Crippen LogP contribution >= 0.6 is 0 Å². The van der Waals surface area contributed by atoms with Crippen molar-refractivity contribution >= 4 is 11.6 Å². The van der Waals surface area contributed by atoms with Crippen LogP contribution in [0.2, 0.25) is 0 Å². The van der Waals surface area contributed by atoms with Crippen LogP contribution in [-0.4, -0.2) is 45.6 Å². The number of fused-ring (bicyclic) bond motifs is 1. The van der Waals surface area contributed by atoms with Crippen molar-refractivity contribution in [3.05, 3.63) is 60.1 Å². The average molecular weight is 375 g/mol. The molecule has 2 aliphatic heterocycles. The van der Waals surface area contributed by atoms with E-state index >= 15 is 0 Å². The molecule has 5 rings (SSSR count). The van der Waals surface area contributed by atoms with Crippen LogP contribution in [0.15, 0.2) is 53.2 Å². The zero-order valence-electron chi connectivity index (χ0n) is 15.5. The highest BCUT2D eigenvalue weighted by molar-refractivity contribution is 5.96. The SMILES string of the molecule is O=C(CN1CCC[C@@H]1c1nc(-c2ccccn2)no1)N1CCc2ccccc21. The van der Waals surface area contributed by atoms with E-state index in [4.69, 9.17) is 4.52 Å². The van der Waals surface area contributed by atoms with Gasteiger partial charge < -0.3 is 9.42 Å². The van der Waals surface area contributed by atoms with E-state index in [1.807, 2.05) is 41.3 Å². The molecule has 4 heterocycles. The number of amides is 1. The molecular formula is C21H21N5O2. The summed E-state index contributed by atoms with van der Waals surface area (Å²) in [6, 6.07) is 13.7. The van der Waals surface area contributed by atoms with E-state index in [1.165, 1.54) is 5.56 Å². The maximum Gasteiger partial charge on any atom is 0.244 e. The number of carbonyl (C=O) groups is 1. The highest BCUT2D eigenvalue weighted by atomic mass is 16.5. The summed E-state index contributed by atoms with van der Waals surface area (Å²) >= 11 is 0. The van der Waals surface area contributed by atoms with Gasteiger partial charge in [0.1, 0.15) is 5.69 Å². The minimum absolute atomic E-state index is 0.0215. The number of rotatable bonds is 4. The van der Waals surface area contributed by atoms with Crippen molar-refractivity contribution in [1.82, 2.24) is 20.0 Å². The minimum Gasteiger partial charge on any atom is -0.337 e. The first-order chi connectivity index (χ1) is 13.8. The summed E-state index contributed by atoms with van der Waals surface area (Å²) < 4.78 is 5.53. The number of likely N-dealkylation sites (tertiary alicyclic amines) is 1.